The van der Waals surface area contributed by atoms with E-state index in [1.54, 1.807) is 6.07 Å². The highest BCUT2D eigenvalue weighted by Crippen LogP contribution is 2.17. The van der Waals surface area contributed by atoms with Crippen molar-refractivity contribution in [2.24, 2.45) is 0 Å². The summed E-state index contributed by atoms with van der Waals surface area (Å²) in [5.74, 6) is -0.878. The van der Waals surface area contributed by atoms with Crippen LogP contribution in [-0.4, -0.2) is 29.3 Å². The first-order valence-corrected chi connectivity index (χ1v) is 6.41. The molecule has 6 heteroatoms. The third kappa shape index (κ3) is 3.04. The zero-order valence-electron chi connectivity index (χ0n) is 10.5. The van der Waals surface area contributed by atoms with Crippen LogP contribution >= 0.6 is 11.6 Å². The van der Waals surface area contributed by atoms with Crippen LogP contribution in [0.15, 0.2) is 18.2 Å². The molecule has 4 nitrogen and oxygen atoms in total. The first kappa shape index (κ1) is 13.8. The second kappa shape index (κ2) is 5.57. The molecule has 0 saturated carbocycles. The van der Waals surface area contributed by atoms with Gasteiger partial charge in [0.25, 0.3) is 0 Å². The van der Waals surface area contributed by atoms with Crippen LogP contribution < -0.4 is 5.32 Å². The Bertz CT molecular complexity index is 521. The van der Waals surface area contributed by atoms with E-state index in [0.29, 0.717) is 17.0 Å². The molecule has 1 N–H and O–H groups in total. The highest BCUT2D eigenvalue weighted by Gasteiger charge is 2.31. The van der Waals surface area contributed by atoms with E-state index in [4.69, 9.17) is 11.6 Å². The SMILES string of the molecule is CCC1NC(=O)CN(Cc2ccc(Cl)cc2F)C1=O. The van der Waals surface area contributed by atoms with E-state index >= 15 is 0 Å². The van der Waals surface area contributed by atoms with Crippen LogP contribution in [0, 0.1) is 5.82 Å². The van der Waals surface area contributed by atoms with Crippen LogP contribution in [0.2, 0.25) is 5.02 Å². The lowest BCUT2D eigenvalue weighted by molar-refractivity contribution is -0.144. The molecule has 1 heterocycles. The number of hydrogen-bond acceptors (Lipinski definition) is 2. The summed E-state index contributed by atoms with van der Waals surface area (Å²) < 4.78 is 13.7. The van der Waals surface area contributed by atoms with E-state index in [0.717, 1.165) is 0 Å². The molecule has 1 fully saturated rings. The van der Waals surface area contributed by atoms with Crippen molar-refractivity contribution in [3.05, 3.63) is 34.6 Å². The quantitative estimate of drug-likeness (QED) is 0.919. The number of nitrogens with zero attached hydrogens (tertiary/aromatic N) is 1. The molecule has 0 spiro atoms. The monoisotopic (exact) mass is 284 g/mol. The molecule has 1 saturated heterocycles. The summed E-state index contributed by atoms with van der Waals surface area (Å²) in [4.78, 5) is 24.9. The molecule has 0 bridgehead atoms. The molecule has 0 aromatic heterocycles. The van der Waals surface area contributed by atoms with Crippen LogP contribution in [0.5, 0.6) is 0 Å². The Hall–Kier alpha value is -1.62. The summed E-state index contributed by atoms with van der Waals surface area (Å²) in [6.07, 6.45) is 0.518. The molecule has 1 unspecified atom stereocenters. The van der Waals surface area contributed by atoms with Crippen molar-refractivity contribution in [2.75, 3.05) is 6.54 Å². The van der Waals surface area contributed by atoms with Crippen molar-refractivity contribution >= 4 is 23.4 Å². The third-order valence-electron chi connectivity index (χ3n) is 3.06. The average molecular weight is 285 g/mol. The van der Waals surface area contributed by atoms with Gasteiger partial charge in [-0.05, 0) is 18.6 Å². The lowest BCUT2D eigenvalue weighted by Crippen LogP contribution is -2.57. The van der Waals surface area contributed by atoms with Crippen molar-refractivity contribution in [1.82, 2.24) is 10.2 Å². The minimum Gasteiger partial charge on any atom is -0.343 e. The van der Waals surface area contributed by atoms with Gasteiger partial charge >= 0.3 is 0 Å². The van der Waals surface area contributed by atoms with Gasteiger partial charge in [-0.25, -0.2) is 4.39 Å². The van der Waals surface area contributed by atoms with E-state index in [-0.39, 0.29) is 24.9 Å². The smallest absolute Gasteiger partial charge is 0.245 e. The number of hydrogen-bond donors (Lipinski definition) is 1. The minimum absolute atomic E-state index is 0.0442. The Balaban J connectivity index is 2.17. The lowest BCUT2D eigenvalue weighted by atomic mass is 10.1. The second-order valence-corrected chi connectivity index (χ2v) is 4.89. The second-order valence-electron chi connectivity index (χ2n) is 4.46. The Morgan fingerprint density at radius 1 is 1.47 bits per heavy atom. The van der Waals surface area contributed by atoms with E-state index < -0.39 is 11.9 Å². The normalized spacial score (nSPS) is 19.5. The zero-order chi connectivity index (χ0) is 14.0. The number of carbonyl (C=O) groups is 2. The van der Waals surface area contributed by atoms with Crippen molar-refractivity contribution in [3.8, 4) is 0 Å². The highest BCUT2D eigenvalue weighted by atomic mass is 35.5. The molecule has 2 rings (SSSR count). The maximum absolute atomic E-state index is 13.7. The molecule has 0 radical (unpaired) electrons. The summed E-state index contributed by atoms with van der Waals surface area (Å²) in [6.45, 7) is 1.85. The van der Waals surface area contributed by atoms with Gasteiger partial charge in [0.15, 0.2) is 0 Å². The number of nitrogens with one attached hydrogen (secondary N) is 1. The number of carbonyl (C=O) groups excluding carboxylic acids is 2. The first-order chi connectivity index (χ1) is 9.01. The fraction of sp³-hybridized carbons (Fsp3) is 0.385. The standard InChI is InChI=1S/C13H14ClFN2O2/c1-2-11-13(19)17(7-12(18)16-11)6-8-3-4-9(14)5-10(8)15/h3-5,11H,2,6-7H2,1H3,(H,16,18). The number of halogens is 2. The van der Waals surface area contributed by atoms with Crippen LogP contribution in [0.1, 0.15) is 18.9 Å². The van der Waals surface area contributed by atoms with Crippen molar-refractivity contribution in [3.63, 3.8) is 0 Å². The fourth-order valence-corrected chi connectivity index (χ4v) is 2.20. The number of piperazine rings is 1. The van der Waals surface area contributed by atoms with E-state index in [1.165, 1.54) is 17.0 Å². The topological polar surface area (TPSA) is 49.4 Å². The Labute approximate surface area is 115 Å². The molecule has 1 atom stereocenters. The molecular formula is C13H14ClFN2O2. The minimum atomic E-state index is -0.517. The molecule has 1 aromatic carbocycles. The molecule has 19 heavy (non-hydrogen) atoms. The summed E-state index contributed by atoms with van der Waals surface area (Å²) >= 11 is 5.67. The van der Waals surface area contributed by atoms with Gasteiger partial charge in [-0.15, -0.1) is 0 Å². The fourth-order valence-electron chi connectivity index (χ4n) is 2.04. The van der Waals surface area contributed by atoms with Gasteiger partial charge in [-0.2, -0.15) is 0 Å². The van der Waals surface area contributed by atoms with Crippen LogP contribution in [0.4, 0.5) is 4.39 Å². The maximum Gasteiger partial charge on any atom is 0.245 e. The summed E-state index contributed by atoms with van der Waals surface area (Å²) in [7, 11) is 0. The van der Waals surface area contributed by atoms with Gasteiger partial charge in [0.1, 0.15) is 11.9 Å². The molecule has 1 aliphatic rings. The highest BCUT2D eigenvalue weighted by molar-refractivity contribution is 6.30. The summed E-state index contributed by atoms with van der Waals surface area (Å²) in [6, 6.07) is 3.77. The first-order valence-electron chi connectivity index (χ1n) is 6.03. The average Bonchev–Trinajstić information content (AvgIpc) is 2.36. The van der Waals surface area contributed by atoms with E-state index in [1.807, 2.05) is 6.92 Å². The lowest BCUT2D eigenvalue weighted by Gasteiger charge is -2.32. The van der Waals surface area contributed by atoms with Gasteiger partial charge in [-0.1, -0.05) is 24.6 Å². The largest absolute Gasteiger partial charge is 0.343 e. The Morgan fingerprint density at radius 3 is 2.84 bits per heavy atom. The molecular weight excluding hydrogens is 271 g/mol. The van der Waals surface area contributed by atoms with Crippen LogP contribution in [0.3, 0.4) is 0 Å². The molecule has 2 amide bonds. The van der Waals surface area contributed by atoms with E-state index in [9.17, 15) is 14.0 Å². The molecule has 102 valence electrons. The predicted molar refractivity (Wildman–Crippen MR) is 69.0 cm³/mol. The van der Waals surface area contributed by atoms with Gasteiger partial charge in [0.05, 0.1) is 6.54 Å². The van der Waals surface area contributed by atoms with Gasteiger partial charge in [-0.3, -0.25) is 9.59 Å². The third-order valence-corrected chi connectivity index (χ3v) is 3.30. The zero-order valence-corrected chi connectivity index (χ0v) is 11.2. The maximum atomic E-state index is 13.7. The number of rotatable bonds is 3. The van der Waals surface area contributed by atoms with Gasteiger partial charge < -0.3 is 10.2 Å². The van der Waals surface area contributed by atoms with Gasteiger partial charge in [0.2, 0.25) is 11.8 Å². The van der Waals surface area contributed by atoms with Crippen LogP contribution in [0.25, 0.3) is 0 Å². The Kier molecular flexibility index (Phi) is 4.04. The van der Waals surface area contributed by atoms with E-state index in [2.05, 4.69) is 5.32 Å². The number of benzene rings is 1. The van der Waals surface area contributed by atoms with Crippen molar-refractivity contribution in [1.29, 1.82) is 0 Å². The summed E-state index contributed by atoms with van der Waals surface area (Å²) in [5, 5.41) is 2.91. The Morgan fingerprint density at radius 2 is 2.21 bits per heavy atom. The molecule has 1 aromatic rings. The molecule has 1 aliphatic heterocycles. The van der Waals surface area contributed by atoms with Crippen LogP contribution in [-0.2, 0) is 16.1 Å². The van der Waals surface area contributed by atoms with Crippen molar-refractivity contribution < 1.29 is 14.0 Å². The van der Waals surface area contributed by atoms with Gasteiger partial charge in [0, 0.05) is 17.1 Å². The van der Waals surface area contributed by atoms with Crippen molar-refractivity contribution in [2.45, 2.75) is 25.9 Å². The molecule has 0 aliphatic carbocycles. The predicted octanol–water partition coefficient (Wildman–Crippen LogP) is 1.72. The summed E-state index contributed by atoms with van der Waals surface area (Å²) in [5.41, 5.74) is 0.349. The number of amides is 2.